The largest absolute Gasteiger partial charge is 0.447 e. The number of nitrogens with zero attached hydrogens (tertiary/aromatic N) is 1. The van der Waals surface area contributed by atoms with E-state index in [1.807, 2.05) is 36.4 Å². The quantitative estimate of drug-likeness (QED) is 0.571. The lowest BCUT2D eigenvalue weighted by molar-refractivity contribution is 0.181. The highest BCUT2D eigenvalue weighted by Crippen LogP contribution is 2.27. The highest BCUT2D eigenvalue weighted by molar-refractivity contribution is 5.91. The van der Waals surface area contributed by atoms with Crippen LogP contribution in [0.25, 0.3) is 0 Å². The molecule has 6 heteroatoms. The zero-order valence-electron chi connectivity index (χ0n) is 17.2. The molecule has 0 aromatic heterocycles. The second-order valence-electron chi connectivity index (χ2n) is 7.36. The average Bonchev–Trinajstić information content (AvgIpc) is 3.24. The van der Waals surface area contributed by atoms with Crippen LogP contribution in [0.2, 0.25) is 0 Å². The lowest BCUT2D eigenvalue weighted by Crippen LogP contribution is -2.30. The number of ether oxygens (including phenoxy) is 1. The molecule has 0 spiro atoms. The Bertz CT molecular complexity index is 968. The molecule has 31 heavy (non-hydrogen) atoms. The fourth-order valence-corrected chi connectivity index (χ4v) is 3.75. The van der Waals surface area contributed by atoms with Crippen LogP contribution in [0.15, 0.2) is 84.9 Å². The topological polar surface area (TPSA) is 70.7 Å². The van der Waals surface area contributed by atoms with Gasteiger partial charge in [-0.3, -0.25) is 4.90 Å². The monoisotopic (exact) mass is 415 g/mol. The summed E-state index contributed by atoms with van der Waals surface area (Å²) in [5, 5.41) is 5.78. The number of cyclic esters (lactones) is 1. The Morgan fingerprint density at radius 3 is 2.06 bits per heavy atom. The Morgan fingerprint density at radius 2 is 1.52 bits per heavy atom. The van der Waals surface area contributed by atoms with Gasteiger partial charge >= 0.3 is 12.1 Å². The molecule has 158 valence electrons. The number of hydrogen-bond donors (Lipinski definition) is 2. The van der Waals surface area contributed by atoms with Gasteiger partial charge in [0.15, 0.2) is 0 Å². The minimum absolute atomic E-state index is 0.210. The van der Waals surface area contributed by atoms with Crippen molar-refractivity contribution in [2.24, 2.45) is 0 Å². The van der Waals surface area contributed by atoms with E-state index in [4.69, 9.17) is 4.74 Å². The van der Waals surface area contributed by atoms with Gasteiger partial charge in [0.05, 0.1) is 6.54 Å². The number of carbonyl (C=O) groups is 2. The number of urea groups is 1. The Kier molecular flexibility index (Phi) is 6.47. The molecule has 0 aliphatic carbocycles. The van der Waals surface area contributed by atoms with Gasteiger partial charge in [0.25, 0.3) is 0 Å². The average molecular weight is 415 g/mol. The van der Waals surface area contributed by atoms with Crippen LogP contribution in [-0.4, -0.2) is 31.8 Å². The fourth-order valence-electron chi connectivity index (χ4n) is 3.75. The lowest BCUT2D eigenvalue weighted by Gasteiger charge is -2.18. The van der Waals surface area contributed by atoms with Gasteiger partial charge in [-0.15, -0.1) is 0 Å². The predicted octanol–water partition coefficient (Wildman–Crippen LogP) is 4.99. The molecular formula is C25H25N3O3. The molecule has 1 fully saturated rings. The highest BCUT2D eigenvalue weighted by atomic mass is 16.6. The maximum Gasteiger partial charge on any atom is 0.414 e. The number of benzene rings is 3. The van der Waals surface area contributed by atoms with Gasteiger partial charge in [-0.05, 0) is 41.8 Å². The number of rotatable bonds is 7. The summed E-state index contributed by atoms with van der Waals surface area (Å²) >= 11 is 0. The first kappa shape index (κ1) is 20.5. The molecule has 3 aromatic carbocycles. The molecule has 1 heterocycles. The number of anilines is 2. The number of carbonyl (C=O) groups excluding carboxylic acids is 2. The molecule has 0 unspecified atom stereocenters. The molecule has 2 N–H and O–H groups in total. The number of amides is 3. The first-order chi connectivity index (χ1) is 15.2. The van der Waals surface area contributed by atoms with Crippen molar-refractivity contribution < 1.29 is 14.3 Å². The Morgan fingerprint density at radius 1 is 0.903 bits per heavy atom. The first-order valence-corrected chi connectivity index (χ1v) is 10.4. The SMILES string of the molecule is O=C(NCCC(c1ccccc1)c1ccccc1)Nc1ccc(N2CCOC2=O)cc1. The van der Waals surface area contributed by atoms with Crippen LogP contribution in [0.5, 0.6) is 0 Å². The summed E-state index contributed by atoms with van der Waals surface area (Å²) < 4.78 is 4.95. The van der Waals surface area contributed by atoms with E-state index in [1.54, 1.807) is 29.2 Å². The van der Waals surface area contributed by atoms with Crippen LogP contribution >= 0.6 is 0 Å². The molecule has 1 aliphatic heterocycles. The van der Waals surface area contributed by atoms with E-state index >= 15 is 0 Å². The van der Waals surface area contributed by atoms with Crippen LogP contribution < -0.4 is 15.5 Å². The molecule has 3 aromatic rings. The molecule has 0 radical (unpaired) electrons. The van der Waals surface area contributed by atoms with Gasteiger partial charge in [-0.1, -0.05) is 60.7 Å². The summed E-state index contributed by atoms with van der Waals surface area (Å²) in [4.78, 5) is 25.6. The predicted molar refractivity (Wildman–Crippen MR) is 122 cm³/mol. The molecular weight excluding hydrogens is 390 g/mol. The zero-order valence-corrected chi connectivity index (χ0v) is 17.2. The van der Waals surface area contributed by atoms with Crippen LogP contribution in [0.3, 0.4) is 0 Å². The van der Waals surface area contributed by atoms with E-state index < -0.39 is 0 Å². The molecule has 0 bridgehead atoms. The third-order valence-corrected chi connectivity index (χ3v) is 5.32. The van der Waals surface area contributed by atoms with Crippen molar-refractivity contribution in [1.82, 2.24) is 5.32 Å². The molecule has 4 rings (SSSR count). The van der Waals surface area contributed by atoms with Crippen molar-refractivity contribution in [3.8, 4) is 0 Å². The van der Waals surface area contributed by atoms with Crippen molar-refractivity contribution in [2.75, 3.05) is 29.9 Å². The maximum absolute atomic E-state index is 12.4. The fraction of sp³-hybridized carbons (Fsp3) is 0.200. The van der Waals surface area contributed by atoms with Crippen LogP contribution in [0.4, 0.5) is 21.0 Å². The Labute approximate surface area is 181 Å². The van der Waals surface area contributed by atoms with E-state index in [-0.39, 0.29) is 18.0 Å². The normalized spacial score (nSPS) is 13.2. The Hall–Kier alpha value is -3.80. The Balaban J connectivity index is 1.32. The van der Waals surface area contributed by atoms with Crippen molar-refractivity contribution >= 4 is 23.5 Å². The smallest absolute Gasteiger partial charge is 0.414 e. The van der Waals surface area contributed by atoms with Crippen LogP contribution in [0.1, 0.15) is 23.5 Å². The summed E-state index contributed by atoms with van der Waals surface area (Å²) in [5.74, 6) is 0.210. The molecule has 0 atom stereocenters. The summed E-state index contributed by atoms with van der Waals surface area (Å²) in [6.45, 7) is 1.47. The van der Waals surface area contributed by atoms with E-state index in [1.165, 1.54) is 11.1 Å². The van der Waals surface area contributed by atoms with Crippen molar-refractivity contribution in [3.63, 3.8) is 0 Å². The van der Waals surface area contributed by atoms with E-state index in [0.29, 0.717) is 25.4 Å². The number of hydrogen-bond acceptors (Lipinski definition) is 3. The van der Waals surface area contributed by atoms with Crippen molar-refractivity contribution in [3.05, 3.63) is 96.1 Å². The summed E-state index contributed by atoms with van der Waals surface area (Å²) in [7, 11) is 0. The van der Waals surface area contributed by atoms with Crippen molar-refractivity contribution in [2.45, 2.75) is 12.3 Å². The second kappa shape index (κ2) is 9.80. The van der Waals surface area contributed by atoms with Crippen LogP contribution in [-0.2, 0) is 4.74 Å². The minimum Gasteiger partial charge on any atom is -0.447 e. The van der Waals surface area contributed by atoms with Gasteiger partial charge in [0, 0.05) is 23.8 Å². The van der Waals surface area contributed by atoms with Gasteiger partial charge in [0.2, 0.25) is 0 Å². The third kappa shape index (κ3) is 5.22. The number of nitrogens with one attached hydrogen (secondary N) is 2. The van der Waals surface area contributed by atoms with Gasteiger partial charge in [-0.25, -0.2) is 9.59 Å². The van der Waals surface area contributed by atoms with Crippen molar-refractivity contribution in [1.29, 1.82) is 0 Å². The zero-order chi connectivity index (χ0) is 21.5. The minimum atomic E-state index is -0.343. The summed E-state index contributed by atoms with van der Waals surface area (Å²) in [6, 6.07) is 27.5. The third-order valence-electron chi connectivity index (χ3n) is 5.32. The highest BCUT2D eigenvalue weighted by Gasteiger charge is 2.23. The first-order valence-electron chi connectivity index (χ1n) is 10.4. The van der Waals surface area contributed by atoms with Gasteiger partial charge in [-0.2, -0.15) is 0 Å². The van der Waals surface area contributed by atoms with Crippen LogP contribution in [0, 0.1) is 0 Å². The van der Waals surface area contributed by atoms with Gasteiger partial charge in [0.1, 0.15) is 6.61 Å². The van der Waals surface area contributed by atoms with E-state index in [2.05, 4.69) is 34.9 Å². The lowest BCUT2D eigenvalue weighted by atomic mass is 9.88. The van der Waals surface area contributed by atoms with E-state index in [0.717, 1.165) is 12.1 Å². The molecule has 1 aliphatic rings. The molecule has 0 saturated carbocycles. The van der Waals surface area contributed by atoms with E-state index in [9.17, 15) is 9.59 Å². The maximum atomic E-state index is 12.4. The standard InChI is InChI=1S/C25H25N3O3/c29-24(27-21-11-13-22(14-12-21)28-17-18-31-25(28)30)26-16-15-23(19-7-3-1-4-8-19)20-9-5-2-6-10-20/h1-14,23H,15-18H2,(H2,26,27,29). The summed E-state index contributed by atoms with van der Waals surface area (Å²) in [6.07, 6.45) is 0.446. The van der Waals surface area contributed by atoms with Gasteiger partial charge < -0.3 is 15.4 Å². The molecule has 3 amide bonds. The summed E-state index contributed by atoms with van der Waals surface area (Å²) in [5.41, 5.74) is 3.87. The molecule has 6 nitrogen and oxygen atoms in total. The second-order valence-corrected chi connectivity index (χ2v) is 7.36. The molecule has 1 saturated heterocycles.